The topological polar surface area (TPSA) is 198 Å². The summed E-state index contributed by atoms with van der Waals surface area (Å²) in [4.78, 5) is 61.9. The first-order valence-corrected chi connectivity index (χ1v) is 12.8. The first-order valence-electron chi connectivity index (χ1n) is 12.8. The van der Waals surface area contributed by atoms with E-state index < -0.39 is 41.9 Å². The lowest BCUT2D eigenvalue weighted by Crippen LogP contribution is -2.57. The number of nitrogens with two attached hydrogens (primary N) is 2. The van der Waals surface area contributed by atoms with E-state index in [-0.39, 0.29) is 24.8 Å². The quantitative estimate of drug-likeness (QED) is 0.151. The second-order valence-corrected chi connectivity index (χ2v) is 9.45. The summed E-state index contributed by atoms with van der Waals surface area (Å²) >= 11 is 0. The van der Waals surface area contributed by atoms with Crippen LogP contribution < -0.4 is 38.1 Å². The van der Waals surface area contributed by atoms with Crippen LogP contribution in [-0.2, 0) is 19.2 Å². The number of carbonyl (C=O) groups is 5. The Morgan fingerprint density at radius 3 is 2.00 bits per heavy atom. The van der Waals surface area contributed by atoms with Gasteiger partial charge in [-0.05, 0) is 69.2 Å². The Bertz CT molecular complexity index is 936. The molecule has 1 rings (SSSR count). The van der Waals surface area contributed by atoms with E-state index in [0.29, 0.717) is 37.9 Å². The zero-order chi connectivity index (χ0) is 28.7. The van der Waals surface area contributed by atoms with Crippen LogP contribution in [0.3, 0.4) is 0 Å². The molecule has 0 aliphatic rings. The van der Waals surface area contributed by atoms with Crippen LogP contribution in [0.1, 0.15) is 58.4 Å². The fraction of sp³-hybridized carbons (Fsp3) is 0.538. The Hall–Kier alpha value is -3.67. The molecule has 0 heterocycles. The Morgan fingerprint density at radius 1 is 0.842 bits per heavy atom. The van der Waals surface area contributed by atoms with E-state index in [9.17, 15) is 24.0 Å². The molecule has 1 aromatic carbocycles. The number of anilines is 1. The molecule has 0 aliphatic heterocycles. The zero-order valence-electron chi connectivity index (χ0n) is 22.5. The third-order valence-electron chi connectivity index (χ3n) is 5.71. The van der Waals surface area contributed by atoms with E-state index in [2.05, 4.69) is 33.5 Å². The van der Waals surface area contributed by atoms with Gasteiger partial charge in [0, 0.05) is 19.2 Å². The van der Waals surface area contributed by atoms with Gasteiger partial charge >= 0.3 is 6.03 Å². The van der Waals surface area contributed by atoms with Crippen molar-refractivity contribution in [1.29, 1.82) is 0 Å². The largest absolute Gasteiger partial charge is 0.352 e. The number of amides is 6. The van der Waals surface area contributed by atoms with Crippen molar-refractivity contribution in [2.75, 3.05) is 18.4 Å². The monoisotopic (exact) mass is 532 g/mol. The highest BCUT2D eigenvalue weighted by Gasteiger charge is 2.31. The highest BCUT2D eigenvalue weighted by atomic mass is 16.2. The molecule has 0 bridgehead atoms. The smallest absolute Gasteiger partial charge is 0.312 e. The third-order valence-corrected chi connectivity index (χ3v) is 5.71. The molecule has 0 saturated carbocycles. The van der Waals surface area contributed by atoms with E-state index in [1.807, 2.05) is 0 Å². The summed E-state index contributed by atoms with van der Waals surface area (Å²) in [6.07, 6.45) is 2.26. The number of hydrogen-bond donors (Lipinski definition) is 7. The standard InChI is InChI=1S/C26H42N7O5/c1-16(2)22(33-24(36)20(30-18(4)34)8-5-6-14-27)25(37)32-21(9-7-15-29-26(28)38)23(35)31-19-12-10-17(3)11-13-19/h10-13,16,20-22H,3,5-9,14-15,27H2,1-2,4H3,(H,30,34)(H,31,35)(H,32,37)(H,33,36)(H3,28,29,38)/t20-,21-,22-/m0/s1. The van der Waals surface area contributed by atoms with E-state index in [1.54, 1.807) is 38.1 Å². The van der Waals surface area contributed by atoms with Gasteiger partial charge in [-0.2, -0.15) is 0 Å². The summed E-state index contributed by atoms with van der Waals surface area (Å²) in [5.74, 6) is -2.18. The number of benzene rings is 1. The lowest BCUT2D eigenvalue weighted by Gasteiger charge is -2.27. The minimum absolute atomic E-state index is 0.206. The summed E-state index contributed by atoms with van der Waals surface area (Å²) in [6.45, 7) is 9.33. The van der Waals surface area contributed by atoms with Crippen LogP contribution in [0, 0.1) is 12.8 Å². The van der Waals surface area contributed by atoms with Crippen molar-refractivity contribution >= 4 is 35.3 Å². The number of primary amides is 1. The molecule has 6 amide bonds. The fourth-order valence-corrected chi connectivity index (χ4v) is 3.66. The van der Waals surface area contributed by atoms with Gasteiger partial charge in [0.1, 0.15) is 18.1 Å². The van der Waals surface area contributed by atoms with Crippen molar-refractivity contribution in [3.05, 3.63) is 36.8 Å². The Morgan fingerprint density at radius 2 is 1.45 bits per heavy atom. The average Bonchev–Trinajstić information content (AvgIpc) is 2.84. The lowest BCUT2D eigenvalue weighted by atomic mass is 10.0. The maximum atomic E-state index is 13.3. The molecule has 9 N–H and O–H groups in total. The van der Waals surface area contributed by atoms with Crippen molar-refractivity contribution in [2.45, 2.75) is 71.0 Å². The van der Waals surface area contributed by atoms with Gasteiger partial charge in [0.2, 0.25) is 23.6 Å². The molecule has 0 saturated heterocycles. The van der Waals surface area contributed by atoms with Crippen LogP contribution >= 0.6 is 0 Å². The summed E-state index contributed by atoms with van der Waals surface area (Å²) in [5, 5.41) is 13.3. The first kappa shape index (κ1) is 32.4. The lowest BCUT2D eigenvalue weighted by molar-refractivity contribution is -0.133. The van der Waals surface area contributed by atoms with Crippen LogP contribution in [0.2, 0.25) is 0 Å². The number of carbonyl (C=O) groups excluding carboxylic acids is 5. The predicted octanol–water partition coefficient (Wildman–Crippen LogP) is 0.515. The molecule has 211 valence electrons. The van der Waals surface area contributed by atoms with Crippen molar-refractivity contribution in [3.8, 4) is 0 Å². The minimum Gasteiger partial charge on any atom is -0.352 e. The molecule has 1 aromatic rings. The molecule has 12 heteroatoms. The van der Waals surface area contributed by atoms with E-state index in [4.69, 9.17) is 11.5 Å². The van der Waals surface area contributed by atoms with Gasteiger partial charge < -0.3 is 38.1 Å². The molecule has 0 unspecified atom stereocenters. The number of hydrogen-bond acceptors (Lipinski definition) is 6. The average molecular weight is 533 g/mol. The SMILES string of the molecule is [CH2]c1ccc(NC(=O)[C@H](CCCNC(N)=O)NC(=O)[C@@H](NC(=O)[C@H](CCCCN)NC(C)=O)C(C)C)cc1. The van der Waals surface area contributed by atoms with Gasteiger partial charge in [-0.15, -0.1) is 0 Å². The fourth-order valence-electron chi connectivity index (χ4n) is 3.66. The molecule has 0 aliphatic carbocycles. The molecule has 0 fully saturated rings. The van der Waals surface area contributed by atoms with Crippen molar-refractivity contribution in [1.82, 2.24) is 21.3 Å². The van der Waals surface area contributed by atoms with E-state index in [0.717, 1.165) is 5.56 Å². The van der Waals surface area contributed by atoms with Crippen LogP contribution in [0.15, 0.2) is 24.3 Å². The molecule has 38 heavy (non-hydrogen) atoms. The molecule has 3 atom stereocenters. The highest BCUT2D eigenvalue weighted by Crippen LogP contribution is 2.12. The molecular weight excluding hydrogens is 490 g/mol. The summed E-state index contributed by atoms with van der Waals surface area (Å²) in [5.41, 5.74) is 11.9. The first-order chi connectivity index (χ1) is 17.9. The molecule has 0 spiro atoms. The molecular formula is C26H42N7O5. The van der Waals surface area contributed by atoms with Gasteiger partial charge in [0.05, 0.1) is 0 Å². The van der Waals surface area contributed by atoms with Gasteiger partial charge in [-0.25, -0.2) is 4.79 Å². The second-order valence-electron chi connectivity index (χ2n) is 9.45. The van der Waals surface area contributed by atoms with Gasteiger partial charge in [-0.3, -0.25) is 19.2 Å². The Balaban J connectivity index is 2.98. The molecule has 1 radical (unpaired) electrons. The Labute approximate surface area is 224 Å². The Kier molecular flexibility index (Phi) is 14.4. The summed E-state index contributed by atoms with van der Waals surface area (Å²) < 4.78 is 0. The summed E-state index contributed by atoms with van der Waals surface area (Å²) in [7, 11) is 0. The highest BCUT2D eigenvalue weighted by molar-refractivity contribution is 5.99. The summed E-state index contributed by atoms with van der Waals surface area (Å²) in [6, 6.07) is 3.44. The normalized spacial score (nSPS) is 13.1. The number of rotatable bonds is 16. The maximum absolute atomic E-state index is 13.3. The van der Waals surface area contributed by atoms with Crippen molar-refractivity contribution in [2.24, 2.45) is 17.4 Å². The third kappa shape index (κ3) is 12.5. The van der Waals surface area contributed by atoms with Crippen molar-refractivity contribution < 1.29 is 24.0 Å². The molecule has 12 nitrogen and oxygen atoms in total. The van der Waals surface area contributed by atoms with E-state index >= 15 is 0 Å². The number of nitrogens with one attached hydrogen (secondary N) is 5. The maximum Gasteiger partial charge on any atom is 0.312 e. The second kappa shape index (κ2) is 17.0. The van der Waals surface area contributed by atoms with Crippen LogP contribution in [-0.4, -0.2) is 60.9 Å². The number of urea groups is 1. The van der Waals surface area contributed by atoms with Crippen LogP contribution in [0.4, 0.5) is 10.5 Å². The van der Waals surface area contributed by atoms with Gasteiger partial charge in [0.25, 0.3) is 0 Å². The van der Waals surface area contributed by atoms with Gasteiger partial charge in [-0.1, -0.05) is 26.0 Å². The van der Waals surface area contributed by atoms with Crippen LogP contribution in [0.5, 0.6) is 0 Å². The molecule has 0 aromatic heterocycles. The minimum atomic E-state index is -0.960. The van der Waals surface area contributed by atoms with Crippen molar-refractivity contribution in [3.63, 3.8) is 0 Å². The zero-order valence-corrected chi connectivity index (χ0v) is 22.5. The van der Waals surface area contributed by atoms with Crippen LogP contribution in [0.25, 0.3) is 0 Å². The predicted molar refractivity (Wildman–Crippen MR) is 146 cm³/mol. The number of unbranched alkanes of at least 4 members (excludes halogenated alkanes) is 1. The van der Waals surface area contributed by atoms with Gasteiger partial charge in [0.15, 0.2) is 0 Å². The van der Waals surface area contributed by atoms with E-state index in [1.165, 1.54) is 6.92 Å².